The summed E-state index contributed by atoms with van der Waals surface area (Å²) >= 11 is 0. The van der Waals surface area contributed by atoms with E-state index in [1.807, 2.05) is 18.2 Å². The molecule has 25 heavy (non-hydrogen) atoms. The first kappa shape index (κ1) is 18.1. The second kappa shape index (κ2) is 8.58. The first-order valence-electron chi connectivity index (χ1n) is 7.69. The summed E-state index contributed by atoms with van der Waals surface area (Å²) in [6.45, 7) is 1.59. The van der Waals surface area contributed by atoms with Crippen LogP contribution in [-0.2, 0) is 4.79 Å². The van der Waals surface area contributed by atoms with Gasteiger partial charge in [0, 0.05) is 11.8 Å². The molecule has 0 aromatic heterocycles. The summed E-state index contributed by atoms with van der Waals surface area (Å²) in [5.41, 5.74) is 1.13. The van der Waals surface area contributed by atoms with Gasteiger partial charge in [0.1, 0.15) is 17.5 Å². The molecule has 0 heterocycles. The van der Waals surface area contributed by atoms with Crippen LogP contribution in [0.1, 0.15) is 6.92 Å². The van der Waals surface area contributed by atoms with Crippen molar-refractivity contribution in [2.75, 3.05) is 24.9 Å². The number of rotatable bonds is 6. The number of urea groups is 1. The molecule has 0 aliphatic carbocycles. The molecule has 0 fully saturated rings. The summed E-state index contributed by atoms with van der Waals surface area (Å²) in [4.78, 5) is 24.2. The summed E-state index contributed by atoms with van der Waals surface area (Å²) in [5, 5.41) is 7.96. The molecule has 3 N–H and O–H groups in total. The number of nitrogens with one attached hydrogen (secondary N) is 3. The van der Waals surface area contributed by atoms with Gasteiger partial charge in [0.25, 0.3) is 0 Å². The number of benzene rings is 2. The highest BCUT2D eigenvalue weighted by Crippen LogP contribution is 2.29. The van der Waals surface area contributed by atoms with E-state index in [0.717, 1.165) is 0 Å². The predicted molar refractivity (Wildman–Crippen MR) is 96.2 cm³/mol. The molecular weight excluding hydrogens is 322 g/mol. The van der Waals surface area contributed by atoms with Crippen LogP contribution in [0.3, 0.4) is 0 Å². The topological polar surface area (TPSA) is 88.7 Å². The molecule has 2 rings (SSSR count). The summed E-state index contributed by atoms with van der Waals surface area (Å²) in [5.74, 6) is 0.712. The molecule has 0 saturated carbocycles. The average molecular weight is 343 g/mol. The Morgan fingerprint density at radius 1 is 0.960 bits per heavy atom. The Labute approximate surface area is 146 Å². The van der Waals surface area contributed by atoms with E-state index >= 15 is 0 Å². The fraction of sp³-hybridized carbons (Fsp3) is 0.222. The van der Waals surface area contributed by atoms with Gasteiger partial charge >= 0.3 is 6.03 Å². The van der Waals surface area contributed by atoms with Crippen molar-refractivity contribution in [3.05, 3.63) is 48.5 Å². The summed E-state index contributed by atoms with van der Waals surface area (Å²) in [6.07, 6.45) is 0. The maximum absolute atomic E-state index is 12.3. The molecule has 0 spiro atoms. The van der Waals surface area contributed by atoms with Gasteiger partial charge in [-0.2, -0.15) is 0 Å². The van der Waals surface area contributed by atoms with Crippen LogP contribution in [0.15, 0.2) is 48.5 Å². The fourth-order valence-electron chi connectivity index (χ4n) is 2.09. The van der Waals surface area contributed by atoms with Crippen LogP contribution in [0.4, 0.5) is 16.2 Å². The molecular formula is C18H21N3O4. The highest BCUT2D eigenvalue weighted by Gasteiger charge is 2.17. The monoisotopic (exact) mass is 343 g/mol. The third-order valence-corrected chi connectivity index (χ3v) is 3.44. The minimum atomic E-state index is -0.740. The second-order valence-electron chi connectivity index (χ2n) is 5.24. The first-order chi connectivity index (χ1) is 12.0. The van der Waals surface area contributed by atoms with Crippen molar-refractivity contribution in [2.24, 2.45) is 0 Å². The van der Waals surface area contributed by atoms with Gasteiger partial charge in [-0.3, -0.25) is 4.79 Å². The molecule has 3 amide bonds. The molecule has 0 aliphatic rings. The average Bonchev–Trinajstić information content (AvgIpc) is 2.62. The SMILES string of the molecule is COc1ccc(NC(=O)[C@@H](C)NC(=O)Nc2ccccc2)c(OC)c1. The molecule has 0 unspecified atom stereocenters. The van der Waals surface area contributed by atoms with Gasteiger partial charge < -0.3 is 25.4 Å². The number of anilines is 2. The fourth-order valence-corrected chi connectivity index (χ4v) is 2.09. The van der Waals surface area contributed by atoms with E-state index in [4.69, 9.17) is 9.47 Å². The largest absolute Gasteiger partial charge is 0.497 e. The molecule has 7 heteroatoms. The summed E-state index contributed by atoms with van der Waals surface area (Å²) in [7, 11) is 3.05. The van der Waals surface area contributed by atoms with Gasteiger partial charge in [0.05, 0.1) is 19.9 Å². The number of amides is 3. The number of hydrogen-bond donors (Lipinski definition) is 3. The maximum atomic E-state index is 12.3. The van der Waals surface area contributed by atoms with Crippen molar-refractivity contribution in [3.63, 3.8) is 0 Å². The van der Waals surface area contributed by atoms with Crippen molar-refractivity contribution in [2.45, 2.75) is 13.0 Å². The minimum absolute atomic E-state index is 0.369. The van der Waals surface area contributed by atoms with Crippen LogP contribution in [0.5, 0.6) is 11.5 Å². The zero-order valence-corrected chi connectivity index (χ0v) is 14.3. The molecule has 132 valence electrons. The zero-order chi connectivity index (χ0) is 18.2. The Balaban J connectivity index is 1.95. The van der Waals surface area contributed by atoms with Gasteiger partial charge in [0.15, 0.2) is 0 Å². The standard InChI is InChI=1S/C18H21N3O4/c1-12(19-18(23)20-13-7-5-4-6-8-13)17(22)21-15-10-9-14(24-2)11-16(15)25-3/h4-12H,1-3H3,(H,21,22)(H2,19,20,23)/t12-/m1/s1. The lowest BCUT2D eigenvalue weighted by molar-refractivity contribution is -0.117. The van der Waals surface area contributed by atoms with E-state index in [9.17, 15) is 9.59 Å². The lowest BCUT2D eigenvalue weighted by Gasteiger charge is -2.16. The number of methoxy groups -OCH3 is 2. The molecule has 2 aromatic rings. The molecule has 0 saturated heterocycles. The highest BCUT2D eigenvalue weighted by molar-refractivity contribution is 5.99. The van der Waals surface area contributed by atoms with Crippen LogP contribution in [0.2, 0.25) is 0 Å². The predicted octanol–water partition coefficient (Wildman–Crippen LogP) is 2.85. The Bertz CT molecular complexity index is 734. The van der Waals surface area contributed by atoms with E-state index in [-0.39, 0.29) is 5.91 Å². The van der Waals surface area contributed by atoms with Crippen molar-refractivity contribution >= 4 is 23.3 Å². The Kier molecular flexibility index (Phi) is 6.22. The highest BCUT2D eigenvalue weighted by atomic mass is 16.5. The number of carbonyl (C=O) groups excluding carboxylic acids is 2. The molecule has 0 aliphatic heterocycles. The third-order valence-electron chi connectivity index (χ3n) is 3.44. The van der Waals surface area contributed by atoms with E-state index in [1.54, 1.807) is 44.4 Å². The number of carbonyl (C=O) groups is 2. The van der Waals surface area contributed by atoms with Crippen molar-refractivity contribution in [1.82, 2.24) is 5.32 Å². The van der Waals surface area contributed by atoms with Crippen molar-refractivity contribution < 1.29 is 19.1 Å². The number of hydrogen-bond acceptors (Lipinski definition) is 4. The van der Waals surface area contributed by atoms with E-state index in [1.165, 1.54) is 7.11 Å². The molecule has 0 bridgehead atoms. The van der Waals surface area contributed by atoms with Gasteiger partial charge in [-0.05, 0) is 31.2 Å². The van der Waals surface area contributed by atoms with E-state index in [0.29, 0.717) is 22.9 Å². The summed E-state index contributed by atoms with van der Waals surface area (Å²) in [6, 6.07) is 12.8. The van der Waals surface area contributed by atoms with Crippen LogP contribution >= 0.6 is 0 Å². The third kappa shape index (κ3) is 5.13. The van der Waals surface area contributed by atoms with Gasteiger partial charge in [0.2, 0.25) is 5.91 Å². The molecule has 1 atom stereocenters. The first-order valence-corrected chi connectivity index (χ1v) is 7.69. The Hall–Kier alpha value is -3.22. The minimum Gasteiger partial charge on any atom is -0.497 e. The van der Waals surface area contributed by atoms with Crippen LogP contribution in [0.25, 0.3) is 0 Å². The maximum Gasteiger partial charge on any atom is 0.319 e. The Morgan fingerprint density at radius 2 is 1.68 bits per heavy atom. The van der Waals surface area contributed by atoms with Crippen molar-refractivity contribution in [1.29, 1.82) is 0 Å². The van der Waals surface area contributed by atoms with Crippen LogP contribution in [-0.4, -0.2) is 32.2 Å². The lowest BCUT2D eigenvalue weighted by atomic mass is 10.2. The molecule has 7 nitrogen and oxygen atoms in total. The zero-order valence-electron chi connectivity index (χ0n) is 14.3. The second-order valence-corrected chi connectivity index (χ2v) is 5.24. The van der Waals surface area contributed by atoms with Gasteiger partial charge in [-0.1, -0.05) is 18.2 Å². The van der Waals surface area contributed by atoms with Crippen LogP contribution in [0, 0.1) is 0 Å². The van der Waals surface area contributed by atoms with Gasteiger partial charge in [-0.25, -0.2) is 4.79 Å². The van der Waals surface area contributed by atoms with Crippen LogP contribution < -0.4 is 25.4 Å². The molecule has 0 radical (unpaired) electrons. The van der Waals surface area contributed by atoms with Crippen molar-refractivity contribution in [3.8, 4) is 11.5 Å². The van der Waals surface area contributed by atoms with Gasteiger partial charge in [-0.15, -0.1) is 0 Å². The smallest absolute Gasteiger partial charge is 0.319 e. The Morgan fingerprint density at radius 3 is 2.32 bits per heavy atom. The normalized spacial score (nSPS) is 11.2. The summed E-state index contributed by atoms with van der Waals surface area (Å²) < 4.78 is 10.3. The number of ether oxygens (including phenoxy) is 2. The van der Waals surface area contributed by atoms with E-state index < -0.39 is 12.1 Å². The van der Waals surface area contributed by atoms with E-state index in [2.05, 4.69) is 16.0 Å². The lowest BCUT2D eigenvalue weighted by Crippen LogP contribution is -2.43. The molecule has 2 aromatic carbocycles. The quantitative estimate of drug-likeness (QED) is 0.752. The number of para-hydroxylation sites is 1.